The molecule has 1 saturated heterocycles. The van der Waals surface area contributed by atoms with Crippen LogP contribution in [0.25, 0.3) is 0 Å². The van der Waals surface area contributed by atoms with E-state index in [0.717, 1.165) is 19.4 Å². The van der Waals surface area contributed by atoms with Crippen LogP contribution in [0.4, 0.5) is 0 Å². The van der Waals surface area contributed by atoms with Crippen LogP contribution in [-0.2, 0) is 0 Å². The largest absolute Gasteiger partial charge is 0.385 e. The van der Waals surface area contributed by atoms with E-state index in [-0.39, 0.29) is 0 Å². The standard InChI is InChI=1S/C14H25NO/c1-2-14(16)9-5-3-4-8-13(14)12-15-10-6-7-11-15/h2,13,16H,1,3-12H2. The molecule has 0 aromatic rings. The van der Waals surface area contributed by atoms with Gasteiger partial charge in [0.05, 0.1) is 5.60 Å². The lowest BCUT2D eigenvalue weighted by molar-refractivity contribution is 0.00812. The van der Waals surface area contributed by atoms with Gasteiger partial charge in [-0.3, -0.25) is 0 Å². The number of likely N-dealkylation sites (tertiary alicyclic amines) is 1. The van der Waals surface area contributed by atoms with Gasteiger partial charge in [0.1, 0.15) is 0 Å². The Kier molecular flexibility index (Phi) is 4.04. The fourth-order valence-corrected chi connectivity index (χ4v) is 3.22. The Labute approximate surface area is 99.3 Å². The van der Waals surface area contributed by atoms with Crippen molar-refractivity contribution in [2.24, 2.45) is 5.92 Å². The van der Waals surface area contributed by atoms with Gasteiger partial charge in [-0.15, -0.1) is 6.58 Å². The van der Waals surface area contributed by atoms with E-state index in [9.17, 15) is 5.11 Å². The summed E-state index contributed by atoms with van der Waals surface area (Å²) in [4.78, 5) is 2.52. The highest BCUT2D eigenvalue weighted by Crippen LogP contribution is 2.34. The van der Waals surface area contributed by atoms with Crippen LogP contribution in [0.1, 0.15) is 44.9 Å². The van der Waals surface area contributed by atoms with Crippen LogP contribution in [0.15, 0.2) is 12.7 Å². The first-order chi connectivity index (χ1) is 7.74. The summed E-state index contributed by atoms with van der Waals surface area (Å²) >= 11 is 0. The number of aliphatic hydroxyl groups is 1. The van der Waals surface area contributed by atoms with E-state index in [0.29, 0.717) is 5.92 Å². The molecule has 2 aliphatic rings. The van der Waals surface area contributed by atoms with Crippen LogP contribution in [-0.4, -0.2) is 35.2 Å². The van der Waals surface area contributed by atoms with E-state index in [4.69, 9.17) is 0 Å². The van der Waals surface area contributed by atoms with Crippen LogP contribution in [0.2, 0.25) is 0 Å². The number of rotatable bonds is 3. The highest BCUT2D eigenvalue weighted by Gasteiger charge is 2.35. The first-order valence-electron chi connectivity index (χ1n) is 6.83. The Morgan fingerprint density at radius 3 is 2.62 bits per heavy atom. The van der Waals surface area contributed by atoms with E-state index >= 15 is 0 Å². The van der Waals surface area contributed by atoms with E-state index in [2.05, 4.69) is 11.5 Å². The van der Waals surface area contributed by atoms with E-state index < -0.39 is 5.60 Å². The summed E-state index contributed by atoms with van der Waals surface area (Å²) < 4.78 is 0. The molecule has 1 aliphatic heterocycles. The maximum absolute atomic E-state index is 10.6. The van der Waals surface area contributed by atoms with Gasteiger partial charge in [-0.05, 0) is 38.8 Å². The molecule has 92 valence electrons. The van der Waals surface area contributed by atoms with Gasteiger partial charge in [0.15, 0.2) is 0 Å². The molecule has 2 fully saturated rings. The second-order valence-electron chi connectivity index (χ2n) is 5.50. The Morgan fingerprint density at radius 2 is 1.94 bits per heavy atom. The normalized spacial score (nSPS) is 37.2. The summed E-state index contributed by atoms with van der Waals surface area (Å²) in [6.07, 6.45) is 10.2. The minimum absolute atomic E-state index is 0.408. The van der Waals surface area contributed by atoms with Crippen molar-refractivity contribution in [2.75, 3.05) is 19.6 Å². The molecule has 1 N–H and O–H groups in total. The van der Waals surface area contributed by atoms with Gasteiger partial charge in [0, 0.05) is 12.5 Å². The van der Waals surface area contributed by atoms with Gasteiger partial charge < -0.3 is 10.0 Å². The second-order valence-corrected chi connectivity index (χ2v) is 5.50. The summed E-state index contributed by atoms with van der Waals surface area (Å²) in [7, 11) is 0. The summed E-state index contributed by atoms with van der Waals surface area (Å²) in [6.45, 7) is 7.38. The molecule has 16 heavy (non-hydrogen) atoms. The van der Waals surface area contributed by atoms with Crippen molar-refractivity contribution in [3.63, 3.8) is 0 Å². The molecule has 2 unspecified atom stereocenters. The van der Waals surface area contributed by atoms with Gasteiger partial charge in [0.25, 0.3) is 0 Å². The first-order valence-corrected chi connectivity index (χ1v) is 6.83. The van der Waals surface area contributed by atoms with Crippen molar-refractivity contribution >= 4 is 0 Å². The van der Waals surface area contributed by atoms with Crippen LogP contribution in [0.5, 0.6) is 0 Å². The predicted octanol–water partition coefficient (Wildman–Crippen LogP) is 2.58. The molecule has 1 saturated carbocycles. The van der Waals surface area contributed by atoms with E-state index in [1.54, 1.807) is 6.08 Å². The lowest BCUT2D eigenvalue weighted by Crippen LogP contribution is -2.41. The monoisotopic (exact) mass is 223 g/mol. The molecule has 0 aromatic carbocycles. The summed E-state index contributed by atoms with van der Waals surface area (Å²) in [5.74, 6) is 0.408. The lowest BCUT2D eigenvalue weighted by atomic mass is 9.83. The third kappa shape index (κ3) is 2.67. The van der Waals surface area contributed by atoms with Gasteiger partial charge in [-0.2, -0.15) is 0 Å². The predicted molar refractivity (Wildman–Crippen MR) is 67.4 cm³/mol. The third-order valence-corrected chi connectivity index (χ3v) is 4.37. The van der Waals surface area contributed by atoms with Crippen molar-refractivity contribution in [3.05, 3.63) is 12.7 Å². The summed E-state index contributed by atoms with van der Waals surface area (Å²) in [5, 5.41) is 10.6. The van der Waals surface area contributed by atoms with Crippen molar-refractivity contribution < 1.29 is 5.11 Å². The fourth-order valence-electron chi connectivity index (χ4n) is 3.22. The molecule has 0 radical (unpaired) electrons. The number of hydrogen-bond acceptors (Lipinski definition) is 2. The van der Waals surface area contributed by atoms with Crippen LogP contribution in [0.3, 0.4) is 0 Å². The Morgan fingerprint density at radius 1 is 1.19 bits per heavy atom. The molecule has 0 bridgehead atoms. The maximum atomic E-state index is 10.6. The minimum atomic E-state index is -0.598. The quantitative estimate of drug-likeness (QED) is 0.587. The smallest absolute Gasteiger partial charge is 0.0865 e. The average Bonchev–Trinajstić information content (AvgIpc) is 2.72. The first kappa shape index (κ1) is 12.1. The minimum Gasteiger partial charge on any atom is -0.385 e. The molecule has 1 heterocycles. The maximum Gasteiger partial charge on any atom is 0.0865 e. The Bertz CT molecular complexity index is 235. The van der Waals surface area contributed by atoms with Gasteiger partial charge in [-0.25, -0.2) is 0 Å². The fraction of sp³-hybridized carbons (Fsp3) is 0.857. The summed E-state index contributed by atoms with van der Waals surface area (Å²) in [6, 6.07) is 0. The third-order valence-electron chi connectivity index (χ3n) is 4.37. The molecule has 2 nitrogen and oxygen atoms in total. The number of hydrogen-bond donors (Lipinski definition) is 1. The highest BCUT2D eigenvalue weighted by molar-refractivity contribution is 5.02. The molecular formula is C14H25NO. The molecule has 1 aliphatic carbocycles. The van der Waals surface area contributed by atoms with Gasteiger partial charge >= 0.3 is 0 Å². The Hall–Kier alpha value is -0.340. The topological polar surface area (TPSA) is 23.5 Å². The number of nitrogens with zero attached hydrogens (tertiary/aromatic N) is 1. The Balaban J connectivity index is 1.99. The molecular weight excluding hydrogens is 198 g/mol. The lowest BCUT2D eigenvalue weighted by Gasteiger charge is -2.34. The molecule has 2 atom stereocenters. The van der Waals surface area contributed by atoms with Crippen molar-refractivity contribution in [1.82, 2.24) is 4.90 Å². The van der Waals surface area contributed by atoms with Crippen molar-refractivity contribution in [2.45, 2.75) is 50.5 Å². The molecule has 2 heteroatoms. The second kappa shape index (κ2) is 5.33. The van der Waals surface area contributed by atoms with Crippen LogP contribution < -0.4 is 0 Å². The van der Waals surface area contributed by atoms with Crippen LogP contribution in [0, 0.1) is 5.92 Å². The molecule has 0 aromatic heterocycles. The van der Waals surface area contributed by atoms with Gasteiger partial charge in [-0.1, -0.05) is 25.3 Å². The molecule has 2 rings (SSSR count). The summed E-state index contributed by atoms with van der Waals surface area (Å²) in [5.41, 5.74) is -0.598. The van der Waals surface area contributed by atoms with Crippen LogP contribution >= 0.6 is 0 Å². The average molecular weight is 223 g/mol. The zero-order valence-electron chi connectivity index (χ0n) is 10.3. The van der Waals surface area contributed by atoms with E-state index in [1.807, 2.05) is 0 Å². The molecule has 0 spiro atoms. The van der Waals surface area contributed by atoms with E-state index in [1.165, 1.54) is 45.2 Å². The SMILES string of the molecule is C=CC1(O)CCCCCC1CN1CCCC1. The molecule has 0 amide bonds. The zero-order valence-corrected chi connectivity index (χ0v) is 10.3. The highest BCUT2D eigenvalue weighted by atomic mass is 16.3. The van der Waals surface area contributed by atoms with Crippen molar-refractivity contribution in [3.8, 4) is 0 Å². The zero-order chi connectivity index (χ0) is 11.4. The van der Waals surface area contributed by atoms with Crippen molar-refractivity contribution in [1.29, 1.82) is 0 Å². The van der Waals surface area contributed by atoms with Gasteiger partial charge in [0.2, 0.25) is 0 Å².